The third-order valence-electron chi connectivity index (χ3n) is 6.52. The van der Waals surface area contributed by atoms with E-state index >= 15 is 0 Å². The highest BCUT2D eigenvalue weighted by atomic mass is 32.1. The Morgan fingerprint density at radius 1 is 1.19 bits per heavy atom. The highest BCUT2D eigenvalue weighted by Crippen LogP contribution is 2.50. The number of likely N-dealkylation sites (tertiary alicyclic amines) is 1. The molecule has 1 saturated heterocycles. The van der Waals surface area contributed by atoms with Crippen LogP contribution < -0.4 is 4.74 Å². The van der Waals surface area contributed by atoms with Crippen LogP contribution in [-0.2, 0) is 10.2 Å². The van der Waals surface area contributed by atoms with Gasteiger partial charge in [0.1, 0.15) is 11.6 Å². The van der Waals surface area contributed by atoms with Crippen LogP contribution in [0.2, 0.25) is 0 Å². The molecule has 160 valence electrons. The highest BCUT2D eigenvalue weighted by Gasteiger charge is 2.53. The quantitative estimate of drug-likeness (QED) is 0.538. The number of para-hydroxylation sites is 1. The molecule has 0 N–H and O–H groups in total. The van der Waals surface area contributed by atoms with Gasteiger partial charge in [-0.05, 0) is 55.5 Å². The van der Waals surface area contributed by atoms with Gasteiger partial charge >= 0.3 is 0 Å². The number of methoxy groups -OCH3 is 1. The third kappa shape index (κ3) is 3.74. The maximum Gasteiger partial charge on any atom is 0.233 e. The number of halogens is 1. The van der Waals surface area contributed by atoms with Crippen LogP contribution in [0.4, 0.5) is 4.39 Å². The summed E-state index contributed by atoms with van der Waals surface area (Å²) in [6.45, 7) is 1.48. The molecule has 5 rings (SSSR count). The van der Waals surface area contributed by atoms with Gasteiger partial charge in [0.25, 0.3) is 0 Å². The molecule has 2 aliphatic rings. The Hall–Kier alpha value is -2.73. The van der Waals surface area contributed by atoms with Crippen LogP contribution in [0.3, 0.4) is 0 Å². The summed E-state index contributed by atoms with van der Waals surface area (Å²) in [7, 11) is 1.67. The van der Waals surface area contributed by atoms with Crippen LogP contribution in [0.5, 0.6) is 5.75 Å². The molecule has 4 nitrogen and oxygen atoms in total. The number of amides is 1. The minimum Gasteiger partial charge on any atom is -0.496 e. The average molecular weight is 437 g/mol. The lowest BCUT2D eigenvalue weighted by Gasteiger charge is -2.34. The summed E-state index contributed by atoms with van der Waals surface area (Å²) >= 11 is 1.66. The molecule has 2 aromatic carbocycles. The Morgan fingerprint density at radius 3 is 2.71 bits per heavy atom. The smallest absolute Gasteiger partial charge is 0.233 e. The molecule has 1 aliphatic carbocycles. The van der Waals surface area contributed by atoms with E-state index < -0.39 is 5.41 Å². The number of benzene rings is 2. The van der Waals surface area contributed by atoms with Crippen molar-refractivity contribution >= 4 is 17.2 Å². The van der Waals surface area contributed by atoms with E-state index in [1.54, 1.807) is 30.6 Å². The number of carbonyl (C=O) groups excluding carboxylic acids is 1. The predicted molar refractivity (Wildman–Crippen MR) is 120 cm³/mol. The number of nitrogens with zero attached hydrogens (tertiary/aromatic N) is 2. The molecule has 1 saturated carbocycles. The van der Waals surface area contributed by atoms with E-state index in [0.717, 1.165) is 59.8 Å². The molecule has 1 amide bonds. The Kier molecular flexibility index (Phi) is 5.26. The van der Waals surface area contributed by atoms with Crippen molar-refractivity contribution in [1.29, 1.82) is 0 Å². The largest absolute Gasteiger partial charge is 0.496 e. The standard InChI is InChI=1S/C25H25FN2O2S/c1-30-22-7-3-2-6-20(22)21-16-31-23(27-21)17-5-4-14-28(15-17)24(29)25(12-13-25)18-8-10-19(26)11-9-18/h2-3,6-11,16-17H,4-5,12-15H2,1H3/t17-/m1/s1. The normalized spacial score (nSPS) is 19.8. The molecule has 1 atom stereocenters. The molecule has 2 fully saturated rings. The molecule has 2 heterocycles. The van der Waals surface area contributed by atoms with E-state index in [2.05, 4.69) is 5.38 Å². The van der Waals surface area contributed by atoms with Crippen molar-refractivity contribution in [2.45, 2.75) is 37.0 Å². The van der Waals surface area contributed by atoms with Crippen LogP contribution in [-0.4, -0.2) is 36.0 Å². The Morgan fingerprint density at radius 2 is 1.97 bits per heavy atom. The van der Waals surface area contributed by atoms with Gasteiger partial charge < -0.3 is 9.64 Å². The topological polar surface area (TPSA) is 42.4 Å². The molecule has 1 aliphatic heterocycles. The monoisotopic (exact) mass is 436 g/mol. The number of carbonyl (C=O) groups is 1. The molecule has 3 aromatic rings. The van der Waals surface area contributed by atoms with Crippen molar-refractivity contribution in [2.24, 2.45) is 0 Å². The highest BCUT2D eigenvalue weighted by molar-refractivity contribution is 7.10. The van der Waals surface area contributed by atoms with E-state index in [9.17, 15) is 9.18 Å². The molecule has 0 bridgehead atoms. The van der Waals surface area contributed by atoms with Crippen LogP contribution in [0.25, 0.3) is 11.3 Å². The number of aromatic nitrogens is 1. The van der Waals surface area contributed by atoms with Crippen LogP contribution in [0.1, 0.15) is 42.2 Å². The van der Waals surface area contributed by atoms with Crippen molar-refractivity contribution in [3.8, 4) is 17.0 Å². The van der Waals surface area contributed by atoms with Crippen molar-refractivity contribution in [1.82, 2.24) is 9.88 Å². The summed E-state index contributed by atoms with van der Waals surface area (Å²) in [6, 6.07) is 14.3. The molecular formula is C25H25FN2O2S. The van der Waals surface area contributed by atoms with Gasteiger partial charge in [-0.2, -0.15) is 0 Å². The van der Waals surface area contributed by atoms with Gasteiger partial charge in [-0.15, -0.1) is 11.3 Å². The number of piperidine rings is 1. The van der Waals surface area contributed by atoms with Gasteiger partial charge in [0.05, 0.1) is 23.2 Å². The lowest BCUT2D eigenvalue weighted by atomic mass is 9.91. The maximum atomic E-state index is 13.5. The van der Waals surface area contributed by atoms with Crippen molar-refractivity contribution in [3.05, 3.63) is 70.3 Å². The zero-order valence-corrected chi connectivity index (χ0v) is 18.3. The van der Waals surface area contributed by atoms with Crippen molar-refractivity contribution in [3.63, 3.8) is 0 Å². The maximum absolute atomic E-state index is 13.5. The Bertz CT molecular complexity index is 1090. The fraction of sp³-hybridized carbons (Fsp3) is 0.360. The lowest BCUT2D eigenvalue weighted by Crippen LogP contribution is -2.44. The molecule has 1 aromatic heterocycles. The summed E-state index contributed by atoms with van der Waals surface area (Å²) < 4.78 is 18.8. The summed E-state index contributed by atoms with van der Waals surface area (Å²) in [6.07, 6.45) is 3.69. The number of hydrogen-bond donors (Lipinski definition) is 0. The number of rotatable bonds is 5. The summed E-state index contributed by atoms with van der Waals surface area (Å²) in [5.74, 6) is 0.981. The van der Waals surface area contributed by atoms with Crippen LogP contribution in [0, 0.1) is 5.82 Å². The first kappa shape index (κ1) is 20.2. The minimum absolute atomic E-state index is 0.185. The fourth-order valence-electron chi connectivity index (χ4n) is 4.64. The third-order valence-corrected chi connectivity index (χ3v) is 7.53. The van der Waals surface area contributed by atoms with Gasteiger partial charge in [0, 0.05) is 30.0 Å². The first-order valence-corrected chi connectivity index (χ1v) is 11.6. The zero-order valence-electron chi connectivity index (χ0n) is 17.5. The first-order valence-electron chi connectivity index (χ1n) is 10.7. The van der Waals surface area contributed by atoms with Crippen molar-refractivity contribution in [2.75, 3.05) is 20.2 Å². The SMILES string of the molecule is COc1ccccc1-c1csc([C@@H]2CCCN(C(=O)C3(c4ccc(F)cc4)CC3)C2)n1. The summed E-state index contributed by atoms with van der Waals surface area (Å²) in [4.78, 5) is 20.4. The van der Waals surface area contributed by atoms with Gasteiger partial charge in [-0.1, -0.05) is 24.3 Å². The zero-order chi connectivity index (χ0) is 21.4. The summed E-state index contributed by atoms with van der Waals surface area (Å²) in [5, 5.41) is 3.15. The second-order valence-corrected chi connectivity index (χ2v) is 9.34. The lowest BCUT2D eigenvalue weighted by molar-refractivity contribution is -0.135. The number of hydrogen-bond acceptors (Lipinski definition) is 4. The van der Waals surface area contributed by atoms with E-state index in [0.29, 0.717) is 6.54 Å². The average Bonchev–Trinajstić information content (AvgIpc) is 3.48. The molecule has 0 unspecified atom stereocenters. The molecule has 6 heteroatoms. The molecular weight excluding hydrogens is 411 g/mol. The Labute approximate surface area is 185 Å². The van der Waals surface area contributed by atoms with Crippen molar-refractivity contribution < 1.29 is 13.9 Å². The van der Waals surface area contributed by atoms with E-state index in [1.165, 1.54) is 12.1 Å². The van der Waals surface area contributed by atoms with Crippen LogP contribution >= 0.6 is 11.3 Å². The van der Waals surface area contributed by atoms with Gasteiger partial charge in [0.2, 0.25) is 5.91 Å². The first-order chi connectivity index (χ1) is 15.1. The number of ether oxygens (including phenoxy) is 1. The minimum atomic E-state index is -0.457. The van der Waals surface area contributed by atoms with Gasteiger partial charge in [-0.25, -0.2) is 9.37 Å². The molecule has 0 radical (unpaired) electrons. The van der Waals surface area contributed by atoms with Gasteiger partial charge in [0.15, 0.2) is 0 Å². The molecule has 0 spiro atoms. The van der Waals surface area contributed by atoms with E-state index in [-0.39, 0.29) is 17.6 Å². The van der Waals surface area contributed by atoms with Gasteiger partial charge in [-0.3, -0.25) is 4.79 Å². The van der Waals surface area contributed by atoms with Crippen LogP contribution in [0.15, 0.2) is 53.9 Å². The van der Waals surface area contributed by atoms with E-state index in [4.69, 9.17) is 9.72 Å². The molecule has 31 heavy (non-hydrogen) atoms. The second kappa shape index (κ2) is 8.08. The second-order valence-electron chi connectivity index (χ2n) is 8.45. The summed E-state index contributed by atoms with van der Waals surface area (Å²) in [5.41, 5.74) is 2.39. The predicted octanol–water partition coefficient (Wildman–Crippen LogP) is 5.40. The van der Waals surface area contributed by atoms with E-state index in [1.807, 2.05) is 29.2 Å². The number of thiazole rings is 1. The fourth-order valence-corrected chi connectivity index (χ4v) is 5.59. The Balaban J connectivity index is 1.34.